The summed E-state index contributed by atoms with van der Waals surface area (Å²) in [7, 11) is 1.71. The van der Waals surface area contributed by atoms with Crippen LogP contribution in [0.5, 0.6) is 5.75 Å². The molecule has 0 saturated carbocycles. The van der Waals surface area contributed by atoms with Gasteiger partial charge in [0.2, 0.25) is 0 Å². The van der Waals surface area contributed by atoms with Crippen molar-refractivity contribution in [2.75, 3.05) is 33.5 Å². The fraction of sp³-hybridized carbons (Fsp3) is 0.625. The van der Waals surface area contributed by atoms with Gasteiger partial charge in [0.1, 0.15) is 11.9 Å². The molecule has 1 atom stereocenters. The van der Waals surface area contributed by atoms with Crippen LogP contribution < -0.4 is 10.1 Å². The summed E-state index contributed by atoms with van der Waals surface area (Å²) in [4.78, 5) is 0. The fourth-order valence-corrected chi connectivity index (χ4v) is 3.09. The maximum atomic E-state index is 6.21. The summed E-state index contributed by atoms with van der Waals surface area (Å²) in [5.74, 6) is 0.985. The third-order valence-corrected chi connectivity index (χ3v) is 3.98. The minimum atomic E-state index is 0.163. The summed E-state index contributed by atoms with van der Waals surface area (Å²) in [5, 5.41) is 3.38. The molecule has 1 saturated heterocycles. The Morgan fingerprint density at radius 2 is 2.29 bits per heavy atom. The Morgan fingerprint density at radius 1 is 1.43 bits per heavy atom. The lowest BCUT2D eigenvalue weighted by Gasteiger charge is -2.26. The van der Waals surface area contributed by atoms with Crippen molar-refractivity contribution in [3.05, 3.63) is 27.7 Å². The first-order valence-corrected chi connectivity index (χ1v) is 8.23. The number of halogens is 1. The summed E-state index contributed by atoms with van der Waals surface area (Å²) in [6.45, 7) is 5.93. The summed E-state index contributed by atoms with van der Waals surface area (Å²) in [6.07, 6.45) is 2.30. The highest BCUT2D eigenvalue weighted by Crippen LogP contribution is 2.30. The van der Waals surface area contributed by atoms with E-state index in [0.29, 0.717) is 13.2 Å². The van der Waals surface area contributed by atoms with Crippen molar-refractivity contribution < 1.29 is 14.2 Å². The van der Waals surface area contributed by atoms with Crippen LogP contribution in [0.15, 0.2) is 16.6 Å². The zero-order valence-electron chi connectivity index (χ0n) is 12.8. The monoisotopic (exact) mass is 357 g/mol. The lowest BCUT2D eigenvalue weighted by Crippen LogP contribution is -2.29. The van der Waals surface area contributed by atoms with Gasteiger partial charge in [-0.15, -0.1) is 0 Å². The standard InChI is InChI=1S/C16H24BrNO3/c1-12-8-14(17)9-13(10-18-5-7-19-2)16(12)21-15-4-3-6-20-11-15/h8-9,15,18H,3-7,10-11H2,1-2H3. The molecule has 0 radical (unpaired) electrons. The maximum Gasteiger partial charge on any atom is 0.127 e. The molecule has 0 aromatic heterocycles. The fourth-order valence-electron chi connectivity index (χ4n) is 2.47. The van der Waals surface area contributed by atoms with Gasteiger partial charge in [-0.1, -0.05) is 15.9 Å². The summed E-state index contributed by atoms with van der Waals surface area (Å²) < 4.78 is 17.9. The third-order valence-electron chi connectivity index (χ3n) is 3.52. The second-order valence-electron chi connectivity index (χ2n) is 5.34. The zero-order chi connectivity index (χ0) is 15.1. The van der Waals surface area contributed by atoms with E-state index in [9.17, 15) is 0 Å². The Morgan fingerprint density at radius 3 is 3.00 bits per heavy atom. The maximum absolute atomic E-state index is 6.21. The molecule has 1 aromatic carbocycles. The summed E-state index contributed by atoms with van der Waals surface area (Å²) >= 11 is 3.56. The van der Waals surface area contributed by atoms with E-state index in [-0.39, 0.29) is 6.10 Å². The van der Waals surface area contributed by atoms with E-state index in [2.05, 4.69) is 40.3 Å². The number of nitrogens with one attached hydrogen (secondary N) is 1. The highest BCUT2D eigenvalue weighted by atomic mass is 79.9. The number of rotatable bonds is 7. The van der Waals surface area contributed by atoms with Crippen molar-refractivity contribution in [1.29, 1.82) is 0 Å². The van der Waals surface area contributed by atoms with Crippen molar-refractivity contribution in [3.63, 3.8) is 0 Å². The number of hydrogen-bond donors (Lipinski definition) is 1. The molecular formula is C16H24BrNO3. The van der Waals surface area contributed by atoms with Crippen LogP contribution in [0.4, 0.5) is 0 Å². The number of hydrogen-bond acceptors (Lipinski definition) is 4. The van der Waals surface area contributed by atoms with Crippen LogP contribution >= 0.6 is 15.9 Å². The average Bonchev–Trinajstić information content (AvgIpc) is 2.48. The molecule has 0 aliphatic carbocycles. The van der Waals surface area contributed by atoms with Crippen LogP contribution in [-0.2, 0) is 16.0 Å². The smallest absolute Gasteiger partial charge is 0.127 e. The highest BCUT2D eigenvalue weighted by molar-refractivity contribution is 9.10. The van der Waals surface area contributed by atoms with Crippen molar-refractivity contribution in [1.82, 2.24) is 5.32 Å². The minimum Gasteiger partial charge on any atom is -0.487 e. The molecule has 1 aliphatic rings. The largest absolute Gasteiger partial charge is 0.487 e. The molecule has 1 unspecified atom stereocenters. The van der Waals surface area contributed by atoms with Crippen LogP contribution in [-0.4, -0.2) is 39.6 Å². The molecule has 5 heteroatoms. The van der Waals surface area contributed by atoms with Gasteiger partial charge < -0.3 is 19.5 Å². The molecular weight excluding hydrogens is 334 g/mol. The Labute approximate surface area is 135 Å². The Kier molecular flexibility index (Phi) is 6.96. The number of ether oxygens (including phenoxy) is 3. The first-order valence-electron chi connectivity index (χ1n) is 7.43. The van der Waals surface area contributed by atoms with Gasteiger partial charge in [-0.05, 0) is 37.5 Å². The molecule has 1 heterocycles. The Balaban J connectivity index is 2.05. The van der Waals surface area contributed by atoms with Gasteiger partial charge in [0.25, 0.3) is 0 Å². The Hall–Kier alpha value is -0.620. The van der Waals surface area contributed by atoms with E-state index >= 15 is 0 Å². The van der Waals surface area contributed by atoms with Gasteiger partial charge in [-0.2, -0.15) is 0 Å². The predicted octanol–water partition coefficient (Wildman–Crippen LogP) is 3.05. The van der Waals surface area contributed by atoms with Crippen molar-refractivity contribution >= 4 is 15.9 Å². The quantitative estimate of drug-likeness (QED) is 0.761. The second kappa shape index (κ2) is 8.73. The van der Waals surface area contributed by atoms with E-state index in [1.807, 2.05) is 0 Å². The predicted molar refractivity (Wildman–Crippen MR) is 86.9 cm³/mol. The molecule has 2 rings (SSSR count). The highest BCUT2D eigenvalue weighted by Gasteiger charge is 2.18. The minimum absolute atomic E-state index is 0.163. The number of methoxy groups -OCH3 is 1. The van der Waals surface area contributed by atoms with E-state index < -0.39 is 0 Å². The molecule has 1 fully saturated rings. The van der Waals surface area contributed by atoms with E-state index in [1.54, 1.807) is 7.11 Å². The molecule has 0 spiro atoms. The van der Waals surface area contributed by atoms with Gasteiger partial charge in [0.15, 0.2) is 0 Å². The first-order chi connectivity index (χ1) is 10.2. The van der Waals surface area contributed by atoms with Crippen LogP contribution in [0.3, 0.4) is 0 Å². The number of benzene rings is 1. The molecule has 21 heavy (non-hydrogen) atoms. The summed E-state index contributed by atoms with van der Waals surface area (Å²) in [6, 6.07) is 4.21. The second-order valence-corrected chi connectivity index (χ2v) is 6.25. The molecule has 0 bridgehead atoms. The zero-order valence-corrected chi connectivity index (χ0v) is 14.4. The first kappa shape index (κ1) is 16.7. The van der Waals surface area contributed by atoms with Gasteiger partial charge >= 0.3 is 0 Å². The molecule has 1 aromatic rings. The number of aryl methyl sites for hydroxylation is 1. The van der Waals surface area contributed by atoms with Gasteiger partial charge in [0, 0.05) is 36.8 Å². The topological polar surface area (TPSA) is 39.7 Å². The van der Waals surface area contributed by atoms with Crippen LogP contribution in [0.2, 0.25) is 0 Å². The molecule has 4 nitrogen and oxygen atoms in total. The Bertz CT molecular complexity index is 447. The third kappa shape index (κ3) is 5.25. The van der Waals surface area contributed by atoms with E-state index in [4.69, 9.17) is 14.2 Å². The van der Waals surface area contributed by atoms with E-state index in [1.165, 1.54) is 5.56 Å². The molecule has 1 N–H and O–H groups in total. The van der Waals surface area contributed by atoms with E-state index in [0.717, 1.165) is 48.3 Å². The van der Waals surface area contributed by atoms with Gasteiger partial charge in [-0.3, -0.25) is 0 Å². The van der Waals surface area contributed by atoms with Crippen molar-refractivity contribution in [2.24, 2.45) is 0 Å². The molecule has 0 amide bonds. The van der Waals surface area contributed by atoms with Crippen molar-refractivity contribution in [3.8, 4) is 5.75 Å². The molecule has 1 aliphatic heterocycles. The average molecular weight is 358 g/mol. The van der Waals surface area contributed by atoms with Crippen LogP contribution in [0.1, 0.15) is 24.0 Å². The molecule has 118 valence electrons. The van der Waals surface area contributed by atoms with Crippen molar-refractivity contribution in [2.45, 2.75) is 32.4 Å². The SMILES string of the molecule is COCCNCc1cc(Br)cc(C)c1OC1CCCOC1. The summed E-state index contributed by atoms with van der Waals surface area (Å²) in [5.41, 5.74) is 2.32. The lowest BCUT2D eigenvalue weighted by atomic mass is 10.1. The van der Waals surface area contributed by atoms with Crippen LogP contribution in [0.25, 0.3) is 0 Å². The van der Waals surface area contributed by atoms with Gasteiger partial charge in [0.05, 0.1) is 13.2 Å². The van der Waals surface area contributed by atoms with Crippen LogP contribution in [0, 0.1) is 6.92 Å². The lowest BCUT2D eigenvalue weighted by molar-refractivity contribution is 0.00671. The van der Waals surface area contributed by atoms with Gasteiger partial charge in [-0.25, -0.2) is 0 Å². The normalized spacial score (nSPS) is 18.7.